The number of nitrogen functional groups attached to an aromatic ring is 2. The molecule has 7 heteroatoms. The molecule has 0 saturated carbocycles. The van der Waals surface area contributed by atoms with Crippen molar-refractivity contribution in [3.63, 3.8) is 0 Å². The molecule has 1 saturated heterocycles. The van der Waals surface area contributed by atoms with Crippen LogP contribution in [-0.4, -0.2) is 21.5 Å². The summed E-state index contributed by atoms with van der Waals surface area (Å²) in [5.41, 5.74) is 17.4. The van der Waals surface area contributed by atoms with Crippen molar-refractivity contribution in [2.75, 3.05) is 22.9 Å². The van der Waals surface area contributed by atoms with Gasteiger partial charge in [0.05, 0.1) is 17.3 Å². The Kier molecular flexibility index (Phi) is 4.83. The van der Waals surface area contributed by atoms with E-state index < -0.39 is 0 Å². The molecule has 0 spiro atoms. The van der Waals surface area contributed by atoms with Gasteiger partial charge in [-0.25, -0.2) is 4.98 Å². The molecule has 2 aromatic carbocycles. The van der Waals surface area contributed by atoms with E-state index in [9.17, 15) is 5.26 Å². The Morgan fingerprint density at radius 1 is 1.03 bits per heavy atom. The molecule has 1 aliphatic rings. The first-order valence-electron chi connectivity index (χ1n) is 10.6. The van der Waals surface area contributed by atoms with Crippen molar-refractivity contribution < 1.29 is 0 Å². The largest absolute Gasteiger partial charge is 0.382 e. The number of benzene rings is 2. The quantitative estimate of drug-likeness (QED) is 0.504. The zero-order valence-electron chi connectivity index (χ0n) is 17.8. The van der Waals surface area contributed by atoms with Crippen LogP contribution in [0.5, 0.6) is 0 Å². The van der Waals surface area contributed by atoms with Gasteiger partial charge >= 0.3 is 0 Å². The maximum atomic E-state index is 9.72. The van der Waals surface area contributed by atoms with Gasteiger partial charge in [0.15, 0.2) is 5.82 Å². The van der Waals surface area contributed by atoms with Gasteiger partial charge in [-0.15, -0.1) is 0 Å². The summed E-state index contributed by atoms with van der Waals surface area (Å²) in [5, 5.41) is 10.8. The van der Waals surface area contributed by atoms with Gasteiger partial charge in [0.1, 0.15) is 17.5 Å². The predicted molar refractivity (Wildman–Crippen MR) is 127 cm³/mol. The van der Waals surface area contributed by atoms with E-state index in [1.165, 1.54) is 0 Å². The van der Waals surface area contributed by atoms with E-state index in [1.54, 1.807) is 0 Å². The van der Waals surface area contributed by atoms with E-state index in [0.717, 1.165) is 52.7 Å². The van der Waals surface area contributed by atoms with Crippen LogP contribution in [0.2, 0.25) is 0 Å². The summed E-state index contributed by atoms with van der Waals surface area (Å²) in [4.78, 5) is 15.6. The Balaban J connectivity index is 1.73. The Labute approximate surface area is 186 Å². The third-order valence-electron chi connectivity index (χ3n) is 6.06. The number of para-hydroxylation sites is 1. The second-order valence-electron chi connectivity index (χ2n) is 8.07. The number of nitrogens with two attached hydrogens (primary N) is 2. The van der Waals surface area contributed by atoms with E-state index in [1.807, 2.05) is 18.2 Å². The van der Waals surface area contributed by atoms with E-state index in [0.29, 0.717) is 5.82 Å². The van der Waals surface area contributed by atoms with Crippen LogP contribution in [0.25, 0.3) is 22.2 Å². The third-order valence-corrected chi connectivity index (χ3v) is 6.06. The normalized spacial score (nSPS) is 15.8. The number of hydrogen-bond donors (Lipinski definition) is 2. The minimum Gasteiger partial charge on any atom is -0.382 e. The fourth-order valence-electron chi connectivity index (χ4n) is 4.59. The summed E-state index contributed by atoms with van der Waals surface area (Å²) >= 11 is 0. The first-order chi connectivity index (χ1) is 15.6. The summed E-state index contributed by atoms with van der Waals surface area (Å²) in [6.07, 6.45) is 1.87. The Morgan fingerprint density at radius 3 is 2.62 bits per heavy atom. The van der Waals surface area contributed by atoms with Crippen molar-refractivity contribution in [2.45, 2.75) is 25.8 Å². The number of hydrogen-bond acceptors (Lipinski definition) is 7. The first kappa shape index (κ1) is 19.8. The van der Waals surface area contributed by atoms with Crippen LogP contribution in [0.4, 0.5) is 17.6 Å². The number of nitrogens with zero attached hydrogens (tertiary/aromatic N) is 5. The molecule has 1 aliphatic heterocycles. The van der Waals surface area contributed by atoms with Gasteiger partial charge < -0.3 is 16.4 Å². The fraction of sp³-hybridized carbons (Fsp3) is 0.200. The van der Waals surface area contributed by atoms with Gasteiger partial charge in [-0.2, -0.15) is 15.2 Å². The Bertz CT molecular complexity index is 1360. The van der Waals surface area contributed by atoms with Gasteiger partial charge in [0.2, 0.25) is 5.95 Å². The standard InChI is InChI=1S/C25H23N7/c1-15-7-5-10-17-13-18(22(29-21(15)17)16-8-3-2-4-9-16)20-11-6-12-32(20)24-19(14-26)23(27)30-25(28)31-24/h2-5,7-10,13,20H,6,11-12H2,1H3,(H4,27,28,30,31)/t20-/m0/s1. The van der Waals surface area contributed by atoms with Gasteiger partial charge in [-0.3, -0.25) is 0 Å². The SMILES string of the molecule is Cc1cccc2cc([C@@H]3CCCN3c3nc(N)nc(N)c3C#N)c(-c3ccccc3)nc12. The Hall–Kier alpha value is -4.18. The summed E-state index contributed by atoms with van der Waals surface area (Å²) in [6.45, 7) is 2.83. The van der Waals surface area contributed by atoms with Crippen molar-refractivity contribution in [1.29, 1.82) is 5.26 Å². The first-order valence-corrected chi connectivity index (χ1v) is 10.6. The molecule has 1 atom stereocenters. The van der Waals surface area contributed by atoms with E-state index >= 15 is 0 Å². The molecule has 1 fully saturated rings. The van der Waals surface area contributed by atoms with Crippen molar-refractivity contribution in [3.05, 3.63) is 71.3 Å². The maximum absolute atomic E-state index is 9.72. The smallest absolute Gasteiger partial charge is 0.224 e. The predicted octanol–water partition coefficient (Wildman–Crippen LogP) is 4.38. The van der Waals surface area contributed by atoms with E-state index in [2.05, 4.69) is 64.3 Å². The summed E-state index contributed by atoms with van der Waals surface area (Å²) in [6, 6.07) is 20.8. The van der Waals surface area contributed by atoms with Gasteiger partial charge in [-0.1, -0.05) is 48.5 Å². The summed E-state index contributed by atoms with van der Waals surface area (Å²) in [7, 11) is 0. The van der Waals surface area contributed by atoms with Gasteiger partial charge in [-0.05, 0) is 31.4 Å². The molecule has 0 radical (unpaired) electrons. The minimum absolute atomic E-state index is 0.0107. The summed E-state index contributed by atoms with van der Waals surface area (Å²) in [5.74, 6) is 0.664. The van der Waals surface area contributed by atoms with Crippen LogP contribution < -0.4 is 16.4 Å². The van der Waals surface area contributed by atoms with Gasteiger partial charge in [0.25, 0.3) is 0 Å². The van der Waals surface area contributed by atoms with E-state index in [4.69, 9.17) is 16.5 Å². The molecule has 4 aromatic rings. The molecule has 0 unspecified atom stereocenters. The average Bonchev–Trinajstić information content (AvgIpc) is 3.28. The maximum Gasteiger partial charge on any atom is 0.224 e. The monoisotopic (exact) mass is 421 g/mol. The number of fused-ring (bicyclic) bond motifs is 1. The van der Waals surface area contributed by atoms with Crippen LogP contribution in [0, 0.1) is 18.3 Å². The number of pyridine rings is 1. The molecular weight excluding hydrogens is 398 g/mol. The minimum atomic E-state index is -0.0107. The van der Waals surface area contributed by atoms with E-state index in [-0.39, 0.29) is 23.4 Å². The number of nitriles is 1. The zero-order chi connectivity index (χ0) is 22.2. The molecule has 4 N–H and O–H groups in total. The van der Waals surface area contributed by atoms with Crippen molar-refractivity contribution in [3.8, 4) is 17.3 Å². The molecule has 0 bridgehead atoms. The number of aryl methyl sites for hydroxylation is 1. The topological polar surface area (TPSA) is 118 Å². The molecule has 0 amide bonds. The fourth-order valence-corrected chi connectivity index (χ4v) is 4.59. The van der Waals surface area contributed by atoms with Crippen molar-refractivity contribution >= 4 is 28.5 Å². The lowest BCUT2D eigenvalue weighted by atomic mass is 9.95. The number of aromatic nitrogens is 3. The highest BCUT2D eigenvalue weighted by Crippen LogP contribution is 2.42. The van der Waals surface area contributed by atoms with Crippen LogP contribution in [-0.2, 0) is 0 Å². The molecule has 158 valence electrons. The molecule has 7 nitrogen and oxygen atoms in total. The van der Waals surface area contributed by atoms with Crippen molar-refractivity contribution in [1.82, 2.24) is 15.0 Å². The molecule has 0 aliphatic carbocycles. The molecule has 5 rings (SSSR count). The number of rotatable bonds is 3. The summed E-state index contributed by atoms with van der Waals surface area (Å²) < 4.78 is 0. The van der Waals surface area contributed by atoms with Gasteiger partial charge in [0, 0.05) is 23.1 Å². The lowest BCUT2D eigenvalue weighted by molar-refractivity contribution is 0.710. The number of anilines is 3. The second kappa shape index (κ2) is 7.82. The highest BCUT2D eigenvalue weighted by atomic mass is 15.3. The Morgan fingerprint density at radius 2 is 1.84 bits per heavy atom. The second-order valence-corrected chi connectivity index (χ2v) is 8.07. The van der Waals surface area contributed by atoms with Crippen LogP contribution in [0.1, 0.15) is 35.6 Å². The van der Waals surface area contributed by atoms with Crippen LogP contribution >= 0.6 is 0 Å². The molecule has 32 heavy (non-hydrogen) atoms. The van der Waals surface area contributed by atoms with Crippen LogP contribution in [0.15, 0.2) is 54.6 Å². The lowest BCUT2D eigenvalue weighted by Crippen LogP contribution is -2.26. The zero-order valence-corrected chi connectivity index (χ0v) is 17.8. The third kappa shape index (κ3) is 3.26. The molecule has 3 heterocycles. The average molecular weight is 422 g/mol. The molecular formula is C25H23N7. The van der Waals surface area contributed by atoms with Crippen molar-refractivity contribution in [2.24, 2.45) is 0 Å². The van der Waals surface area contributed by atoms with Crippen LogP contribution in [0.3, 0.4) is 0 Å². The highest BCUT2D eigenvalue weighted by molar-refractivity contribution is 5.86. The molecule has 2 aromatic heterocycles. The lowest BCUT2D eigenvalue weighted by Gasteiger charge is -2.28. The highest BCUT2D eigenvalue weighted by Gasteiger charge is 2.32.